The molecule has 0 fully saturated rings. The van der Waals surface area contributed by atoms with Crippen LogP contribution in [-0.4, -0.2) is 12.6 Å². The third kappa shape index (κ3) is 5.45. The molecule has 0 saturated carbocycles. The van der Waals surface area contributed by atoms with E-state index < -0.39 is 0 Å². The van der Waals surface area contributed by atoms with Gasteiger partial charge in [-0.3, -0.25) is 4.79 Å². The maximum Gasteiger partial charge on any atom is 0.308 e. The lowest BCUT2D eigenvalue weighted by Gasteiger charge is -2.13. The zero-order chi connectivity index (χ0) is 10.1. The van der Waals surface area contributed by atoms with Crippen LogP contribution in [0, 0.1) is 5.92 Å². The molecule has 0 aliphatic rings. The number of allylic oxidation sites excluding steroid dienone is 1. The largest absolute Gasteiger partial charge is 0.466 e. The minimum Gasteiger partial charge on any atom is -0.466 e. The predicted molar refractivity (Wildman–Crippen MR) is 54.5 cm³/mol. The first-order valence-electron chi connectivity index (χ1n) is 5.03. The predicted octanol–water partition coefficient (Wildman–Crippen LogP) is 2.93. The number of carbonyl (C=O) groups is 1. The van der Waals surface area contributed by atoms with Gasteiger partial charge in [0.25, 0.3) is 0 Å². The second kappa shape index (κ2) is 7.84. The van der Waals surface area contributed by atoms with Crippen molar-refractivity contribution in [2.45, 2.75) is 39.5 Å². The Bertz CT molecular complexity index is 152. The highest BCUT2D eigenvalue weighted by atomic mass is 16.5. The van der Waals surface area contributed by atoms with Gasteiger partial charge in [-0.25, -0.2) is 0 Å². The van der Waals surface area contributed by atoms with Crippen LogP contribution in [0.5, 0.6) is 0 Å². The van der Waals surface area contributed by atoms with E-state index in [0.717, 1.165) is 25.7 Å². The lowest BCUT2D eigenvalue weighted by Crippen LogP contribution is -2.17. The Kier molecular flexibility index (Phi) is 7.36. The number of hydrogen-bond acceptors (Lipinski definition) is 2. The molecule has 1 unspecified atom stereocenters. The van der Waals surface area contributed by atoms with E-state index in [1.165, 1.54) is 0 Å². The van der Waals surface area contributed by atoms with E-state index in [-0.39, 0.29) is 11.9 Å². The SMILES string of the molecule is C=CCCC(CCC)C(=O)OCC. The monoisotopic (exact) mass is 184 g/mol. The van der Waals surface area contributed by atoms with E-state index in [2.05, 4.69) is 13.5 Å². The average molecular weight is 184 g/mol. The Morgan fingerprint density at radius 3 is 2.62 bits per heavy atom. The summed E-state index contributed by atoms with van der Waals surface area (Å²) in [6.45, 7) is 8.05. The van der Waals surface area contributed by atoms with Crippen LogP contribution in [0.4, 0.5) is 0 Å². The summed E-state index contributed by atoms with van der Waals surface area (Å²) in [5.41, 5.74) is 0. The Balaban J connectivity index is 3.90. The van der Waals surface area contributed by atoms with Crippen molar-refractivity contribution in [2.24, 2.45) is 5.92 Å². The van der Waals surface area contributed by atoms with Crippen LogP contribution in [0.2, 0.25) is 0 Å². The van der Waals surface area contributed by atoms with Crippen LogP contribution < -0.4 is 0 Å². The fourth-order valence-electron chi connectivity index (χ4n) is 1.31. The van der Waals surface area contributed by atoms with Crippen molar-refractivity contribution in [3.8, 4) is 0 Å². The van der Waals surface area contributed by atoms with Crippen molar-refractivity contribution in [2.75, 3.05) is 6.61 Å². The van der Waals surface area contributed by atoms with Gasteiger partial charge in [0.05, 0.1) is 12.5 Å². The highest BCUT2D eigenvalue weighted by molar-refractivity contribution is 5.72. The fourth-order valence-corrected chi connectivity index (χ4v) is 1.31. The van der Waals surface area contributed by atoms with Crippen LogP contribution in [0.3, 0.4) is 0 Å². The lowest BCUT2D eigenvalue weighted by molar-refractivity contribution is -0.148. The van der Waals surface area contributed by atoms with Gasteiger partial charge in [0.2, 0.25) is 0 Å². The van der Waals surface area contributed by atoms with Crippen molar-refractivity contribution in [3.63, 3.8) is 0 Å². The lowest BCUT2D eigenvalue weighted by atomic mass is 9.98. The standard InChI is InChI=1S/C11H20O2/c1-4-7-9-10(8-5-2)11(12)13-6-3/h4,10H,1,5-9H2,2-3H3. The van der Waals surface area contributed by atoms with E-state index in [1.807, 2.05) is 13.0 Å². The van der Waals surface area contributed by atoms with E-state index in [0.29, 0.717) is 6.61 Å². The molecule has 0 bridgehead atoms. The minimum absolute atomic E-state index is 0.0498. The molecule has 0 aliphatic heterocycles. The molecule has 0 aliphatic carbocycles. The van der Waals surface area contributed by atoms with Crippen LogP contribution in [0.1, 0.15) is 39.5 Å². The molecule has 0 rings (SSSR count). The zero-order valence-electron chi connectivity index (χ0n) is 8.71. The fraction of sp³-hybridized carbons (Fsp3) is 0.727. The van der Waals surface area contributed by atoms with Gasteiger partial charge in [-0.05, 0) is 26.2 Å². The number of carbonyl (C=O) groups excluding carboxylic acids is 1. The van der Waals surface area contributed by atoms with Crippen molar-refractivity contribution in [3.05, 3.63) is 12.7 Å². The normalized spacial score (nSPS) is 12.2. The smallest absolute Gasteiger partial charge is 0.308 e. The summed E-state index contributed by atoms with van der Waals surface area (Å²) in [4.78, 5) is 11.4. The van der Waals surface area contributed by atoms with Crippen molar-refractivity contribution >= 4 is 5.97 Å². The molecule has 2 heteroatoms. The number of ether oxygens (including phenoxy) is 1. The summed E-state index contributed by atoms with van der Waals surface area (Å²) < 4.78 is 4.98. The van der Waals surface area contributed by atoms with Gasteiger partial charge in [-0.2, -0.15) is 0 Å². The molecule has 1 atom stereocenters. The van der Waals surface area contributed by atoms with Crippen molar-refractivity contribution < 1.29 is 9.53 Å². The first kappa shape index (κ1) is 12.2. The zero-order valence-corrected chi connectivity index (χ0v) is 8.71. The second-order valence-corrected chi connectivity index (χ2v) is 3.10. The van der Waals surface area contributed by atoms with E-state index in [9.17, 15) is 4.79 Å². The van der Waals surface area contributed by atoms with E-state index in [1.54, 1.807) is 0 Å². The molecule has 76 valence electrons. The summed E-state index contributed by atoms with van der Waals surface area (Å²) in [5, 5.41) is 0. The molecule has 0 saturated heterocycles. The molecule has 2 nitrogen and oxygen atoms in total. The van der Waals surface area contributed by atoms with Crippen LogP contribution in [0.25, 0.3) is 0 Å². The third-order valence-electron chi connectivity index (χ3n) is 1.98. The Morgan fingerprint density at radius 1 is 1.46 bits per heavy atom. The quantitative estimate of drug-likeness (QED) is 0.449. The molecule has 0 spiro atoms. The molecule has 0 aromatic rings. The van der Waals surface area contributed by atoms with Gasteiger partial charge >= 0.3 is 5.97 Å². The van der Waals surface area contributed by atoms with Gasteiger partial charge in [0, 0.05) is 0 Å². The Hall–Kier alpha value is -0.790. The van der Waals surface area contributed by atoms with Crippen LogP contribution in [0.15, 0.2) is 12.7 Å². The Labute approximate surface area is 81.0 Å². The van der Waals surface area contributed by atoms with Gasteiger partial charge in [-0.15, -0.1) is 6.58 Å². The van der Waals surface area contributed by atoms with Gasteiger partial charge in [0.1, 0.15) is 0 Å². The van der Waals surface area contributed by atoms with Crippen molar-refractivity contribution in [1.82, 2.24) is 0 Å². The summed E-state index contributed by atoms with van der Waals surface area (Å²) in [6.07, 6.45) is 5.56. The molecular formula is C11H20O2. The van der Waals surface area contributed by atoms with Gasteiger partial charge < -0.3 is 4.74 Å². The summed E-state index contributed by atoms with van der Waals surface area (Å²) >= 11 is 0. The first-order chi connectivity index (χ1) is 6.26. The Morgan fingerprint density at radius 2 is 2.15 bits per heavy atom. The van der Waals surface area contributed by atoms with Gasteiger partial charge in [-0.1, -0.05) is 19.4 Å². The molecule has 0 N–H and O–H groups in total. The first-order valence-corrected chi connectivity index (χ1v) is 5.03. The topological polar surface area (TPSA) is 26.3 Å². The number of esters is 1. The molecular weight excluding hydrogens is 164 g/mol. The van der Waals surface area contributed by atoms with E-state index in [4.69, 9.17) is 4.74 Å². The highest BCUT2D eigenvalue weighted by Crippen LogP contribution is 2.15. The minimum atomic E-state index is -0.0498. The third-order valence-corrected chi connectivity index (χ3v) is 1.98. The van der Waals surface area contributed by atoms with Crippen LogP contribution >= 0.6 is 0 Å². The molecule has 0 amide bonds. The second-order valence-electron chi connectivity index (χ2n) is 3.10. The summed E-state index contributed by atoms with van der Waals surface area (Å²) in [5.74, 6) is 0.0224. The van der Waals surface area contributed by atoms with E-state index >= 15 is 0 Å². The highest BCUT2D eigenvalue weighted by Gasteiger charge is 2.17. The van der Waals surface area contributed by atoms with Gasteiger partial charge in [0.15, 0.2) is 0 Å². The summed E-state index contributed by atoms with van der Waals surface area (Å²) in [6, 6.07) is 0. The van der Waals surface area contributed by atoms with Crippen molar-refractivity contribution in [1.29, 1.82) is 0 Å². The number of rotatable bonds is 7. The maximum absolute atomic E-state index is 11.4. The molecule has 0 aromatic heterocycles. The molecule has 0 heterocycles. The maximum atomic E-state index is 11.4. The van der Waals surface area contributed by atoms with Crippen LogP contribution in [-0.2, 0) is 9.53 Å². The molecule has 0 radical (unpaired) electrons. The number of hydrogen-bond donors (Lipinski definition) is 0. The summed E-state index contributed by atoms with van der Waals surface area (Å²) in [7, 11) is 0. The molecule has 13 heavy (non-hydrogen) atoms. The molecule has 0 aromatic carbocycles. The average Bonchev–Trinajstić information content (AvgIpc) is 2.12.